The summed E-state index contributed by atoms with van der Waals surface area (Å²) in [6, 6.07) is 7.23. The molecule has 1 heterocycles. The Morgan fingerprint density at radius 2 is 1.93 bits per heavy atom. The highest BCUT2D eigenvalue weighted by Crippen LogP contribution is 2.40. The van der Waals surface area contributed by atoms with E-state index in [1.807, 2.05) is 12.1 Å². The number of Topliss-reactive ketones (excluding diaryl/α,β-unsaturated/α-hetero) is 1. The van der Waals surface area contributed by atoms with E-state index in [4.69, 9.17) is 23.2 Å². The number of amides is 1. The summed E-state index contributed by atoms with van der Waals surface area (Å²) in [4.78, 5) is 25.1. The number of carbonyl (C=O) groups is 2. The van der Waals surface area contributed by atoms with Gasteiger partial charge >= 0.3 is 0 Å². The van der Waals surface area contributed by atoms with Gasteiger partial charge in [-0.1, -0.05) is 41.8 Å². The molecule has 0 spiro atoms. The van der Waals surface area contributed by atoms with Gasteiger partial charge in [-0.2, -0.15) is 5.10 Å². The summed E-state index contributed by atoms with van der Waals surface area (Å²) in [5, 5.41) is 8.27. The maximum atomic E-state index is 12.8. The Labute approximate surface area is 168 Å². The molecule has 7 heteroatoms. The second-order valence-corrected chi connectivity index (χ2v) is 8.26. The molecule has 2 fully saturated rings. The number of aromatic nitrogens is 2. The second-order valence-electron chi connectivity index (χ2n) is 7.47. The zero-order valence-electron chi connectivity index (χ0n) is 14.8. The number of hydrogen-bond acceptors (Lipinski definition) is 3. The van der Waals surface area contributed by atoms with Gasteiger partial charge in [0.15, 0.2) is 0 Å². The van der Waals surface area contributed by atoms with Crippen LogP contribution in [0.5, 0.6) is 0 Å². The lowest BCUT2D eigenvalue weighted by Crippen LogP contribution is -2.40. The molecule has 4 rings (SSSR count). The van der Waals surface area contributed by atoms with Crippen LogP contribution in [-0.4, -0.2) is 21.5 Å². The average molecular weight is 406 g/mol. The molecule has 5 nitrogen and oxygen atoms in total. The monoisotopic (exact) mass is 405 g/mol. The first kappa shape index (κ1) is 18.5. The number of fused-ring (bicyclic) bond motifs is 2. The van der Waals surface area contributed by atoms with Crippen LogP contribution in [0.1, 0.15) is 37.7 Å². The van der Waals surface area contributed by atoms with Crippen LogP contribution >= 0.6 is 23.2 Å². The van der Waals surface area contributed by atoms with E-state index in [2.05, 4.69) is 10.4 Å². The fourth-order valence-corrected chi connectivity index (χ4v) is 4.70. The number of halogens is 2. The summed E-state index contributed by atoms with van der Waals surface area (Å²) in [7, 11) is 0. The Morgan fingerprint density at radius 1 is 1.19 bits per heavy atom. The molecule has 27 heavy (non-hydrogen) atoms. The quantitative estimate of drug-likeness (QED) is 0.809. The molecule has 1 N–H and O–H groups in total. The van der Waals surface area contributed by atoms with Crippen LogP contribution in [0.25, 0.3) is 0 Å². The zero-order chi connectivity index (χ0) is 19.0. The molecule has 142 valence electrons. The van der Waals surface area contributed by atoms with Gasteiger partial charge in [-0.15, -0.1) is 0 Å². The summed E-state index contributed by atoms with van der Waals surface area (Å²) in [5.41, 5.74) is 0.834. The molecular formula is C20H21Cl2N3O2. The van der Waals surface area contributed by atoms with Crippen LogP contribution in [0.2, 0.25) is 10.0 Å². The zero-order valence-corrected chi connectivity index (χ0v) is 16.3. The van der Waals surface area contributed by atoms with E-state index in [0.717, 1.165) is 24.8 Å². The van der Waals surface area contributed by atoms with Crippen LogP contribution in [-0.2, 0) is 16.1 Å². The number of anilines is 1. The first-order valence-corrected chi connectivity index (χ1v) is 10.1. The Morgan fingerprint density at radius 3 is 2.67 bits per heavy atom. The lowest BCUT2D eigenvalue weighted by atomic mass is 9.67. The van der Waals surface area contributed by atoms with Crippen molar-refractivity contribution in [2.24, 2.45) is 17.8 Å². The van der Waals surface area contributed by atoms with Gasteiger partial charge in [-0.05, 0) is 37.3 Å². The second kappa shape index (κ2) is 7.64. The fourth-order valence-electron chi connectivity index (χ4n) is 4.32. The minimum Gasteiger partial charge on any atom is -0.311 e. The Balaban J connectivity index is 1.46. The molecule has 2 atom stereocenters. The summed E-state index contributed by atoms with van der Waals surface area (Å²) >= 11 is 12.3. The molecule has 2 unspecified atom stereocenters. The molecule has 0 radical (unpaired) electrons. The van der Waals surface area contributed by atoms with Gasteiger partial charge in [0.1, 0.15) is 11.6 Å². The molecular weight excluding hydrogens is 385 g/mol. The minimum absolute atomic E-state index is 0.0293. The number of carbonyl (C=O) groups excluding carboxylic acids is 2. The van der Waals surface area contributed by atoms with E-state index in [-0.39, 0.29) is 23.7 Å². The van der Waals surface area contributed by atoms with Gasteiger partial charge in [-0.25, -0.2) is 4.68 Å². The van der Waals surface area contributed by atoms with Crippen LogP contribution in [0.3, 0.4) is 0 Å². The first-order valence-electron chi connectivity index (χ1n) is 9.32. The molecule has 2 bridgehead atoms. The van der Waals surface area contributed by atoms with Crippen molar-refractivity contribution in [3.63, 3.8) is 0 Å². The highest BCUT2D eigenvalue weighted by atomic mass is 35.5. The van der Waals surface area contributed by atoms with Crippen LogP contribution in [0, 0.1) is 17.8 Å². The number of nitrogens with zero attached hydrogens (tertiary/aromatic N) is 2. The van der Waals surface area contributed by atoms with Gasteiger partial charge in [0.05, 0.1) is 22.8 Å². The smallest absolute Gasteiger partial charge is 0.228 e. The van der Waals surface area contributed by atoms with Crippen molar-refractivity contribution in [3.8, 4) is 0 Å². The predicted molar refractivity (Wildman–Crippen MR) is 105 cm³/mol. The molecule has 0 saturated heterocycles. The lowest BCUT2D eigenvalue weighted by Gasteiger charge is -2.36. The molecule has 1 aromatic heterocycles. The maximum Gasteiger partial charge on any atom is 0.228 e. The molecule has 0 aliphatic heterocycles. The molecule has 2 aliphatic rings. The molecule has 2 aliphatic carbocycles. The summed E-state index contributed by atoms with van der Waals surface area (Å²) in [6.07, 6.45) is 5.91. The van der Waals surface area contributed by atoms with Crippen molar-refractivity contribution in [1.82, 2.24) is 9.78 Å². The van der Waals surface area contributed by atoms with Crippen molar-refractivity contribution >= 4 is 40.7 Å². The predicted octanol–water partition coefficient (Wildman–Crippen LogP) is 4.57. The normalized spacial score (nSPS) is 24.7. The Hall–Kier alpha value is -1.85. The third-order valence-electron chi connectivity index (χ3n) is 5.74. The summed E-state index contributed by atoms with van der Waals surface area (Å²) in [6.45, 7) is 0.413. The van der Waals surface area contributed by atoms with Gasteiger partial charge < -0.3 is 5.32 Å². The van der Waals surface area contributed by atoms with Crippen molar-refractivity contribution in [1.29, 1.82) is 0 Å². The Kier molecular flexibility index (Phi) is 5.24. The van der Waals surface area contributed by atoms with Crippen LogP contribution < -0.4 is 5.32 Å². The van der Waals surface area contributed by atoms with Crippen molar-refractivity contribution in [2.75, 3.05) is 5.32 Å². The van der Waals surface area contributed by atoms with Gasteiger partial charge in [0, 0.05) is 23.8 Å². The number of nitrogens with one attached hydrogen (secondary N) is 1. The highest BCUT2D eigenvalue weighted by Gasteiger charge is 2.41. The summed E-state index contributed by atoms with van der Waals surface area (Å²) in [5.74, 6) is 0.963. The third kappa shape index (κ3) is 3.76. The van der Waals surface area contributed by atoms with Crippen LogP contribution in [0.4, 0.5) is 5.82 Å². The SMILES string of the molecule is O=C(Nc1ccnn1Cc1cccc(Cl)c1Cl)C1CC2CCCC(C1)C2=O. The van der Waals surface area contributed by atoms with E-state index >= 15 is 0 Å². The lowest BCUT2D eigenvalue weighted by molar-refractivity contribution is -0.136. The van der Waals surface area contributed by atoms with E-state index in [0.29, 0.717) is 41.0 Å². The van der Waals surface area contributed by atoms with E-state index in [9.17, 15) is 9.59 Å². The molecule has 2 saturated carbocycles. The topological polar surface area (TPSA) is 64.0 Å². The van der Waals surface area contributed by atoms with Crippen molar-refractivity contribution < 1.29 is 9.59 Å². The van der Waals surface area contributed by atoms with Crippen molar-refractivity contribution in [2.45, 2.75) is 38.6 Å². The highest BCUT2D eigenvalue weighted by molar-refractivity contribution is 6.42. The standard InChI is InChI=1S/C20H21Cl2N3O2/c21-16-6-2-5-14(18(16)22)11-25-17(7-8-23-25)24-20(27)15-9-12-3-1-4-13(10-15)19(12)26/h2,5-8,12-13,15H,1,3-4,9-11H2,(H,24,27). The van der Waals surface area contributed by atoms with E-state index in [1.165, 1.54) is 0 Å². The maximum absolute atomic E-state index is 12.8. The first-order chi connectivity index (χ1) is 13.0. The fraction of sp³-hybridized carbons (Fsp3) is 0.450. The average Bonchev–Trinajstić information content (AvgIpc) is 3.05. The molecule has 1 aromatic carbocycles. The third-order valence-corrected chi connectivity index (χ3v) is 6.60. The molecule has 1 amide bonds. The minimum atomic E-state index is -0.115. The van der Waals surface area contributed by atoms with Crippen LogP contribution in [0.15, 0.2) is 30.5 Å². The number of benzene rings is 1. The van der Waals surface area contributed by atoms with Gasteiger partial charge in [0.2, 0.25) is 5.91 Å². The Bertz CT molecular complexity index is 864. The van der Waals surface area contributed by atoms with Gasteiger partial charge in [0.25, 0.3) is 0 Å². The number of ketones is 1. The largest absolute Gasteiger partial charge is 0.311 e. The number of hydrogen-bond donors (Lipinski definition) is 1. The van der Waals surface area contributed by atoms with Gasteiger partial charge in [-0.3, -0.25) is 9.59 Å². The van der Waals surface area contributed by atoms with Crippen molar-refractivity contribution in [3.05, 3.63) is 46.1 Å². The van der Waals surface area contributed by atoms with E-state index in [1.54, 1.807) is 23.0 Å². The summed E-state index contributed by atoms with van der Waals surface area (Å²) < 4.78 is 1.70. The van der Waals surface area contributed by atoms with E-state index < -0.39 is 0 Å². The molecule has 2 aromatic rings. The number of rotatable bonds is 4.